The van der Waals surface area contributed by atoms with Crippen LogP contribution in [0.3, 0.4) is 0 Å². The maximum Gasteiger partial charge on any atom is 0.257 e. The highest BCUT2D eigenvalue weighted by Crippen LogP contribution is 2.25. The zero-order chi connectivity index (χ0) is 16.9. The standard InChI is InChI=1S/C18H16ClN3O2/c1-12-16(17(24-22-12)14-5-3-8-20-11-14)18(23)21-9-7-13-4-2-6-15(19)10-13/h2-6,8,10-11H,7,9H2,1H3,(H,21,23). The summed E-state index contributed by atoms with van der Waals surface area (Å²) in [4.78, 5) is 16.6. The molecular formula is C18H16ClN3O2. The van der Waals surface area contributed by atoms with E-state index in [1.165, 1.54) is 0 Å². The van der Waals surface area contributed by atoms with Crippen molar-refractivity contribution in [2.24, 2.45) is 0 Å². The molecule has 0 aliphatic heterocycles. The van der Waals surface area contributed by atoms with Gasteiger partial charge in [0.1, 0.15) is 5.56 Å². The zero-order valence-electron chi connectivity index (χ0n) is 13.1. The van der Waals surface area contributed by atoms with Crippen LogP contribution in [0.1, 0.15) is 21.6 Å². The van der Waals surface area contributed by atoms with Crippen LogP contribution in [0.25, 0.3) is 11.3 Å². The second-order valence-electron chi connectivity index (χ2n) is 5.35. The van der Waals surface area contributed by atoms with Crippen molar-refractivity contribution in [2.45, 2.75) is 13.3 Å². The van der Waals surface area contributed by atoms with E-state index in [0.717, 1.165) is 11.1 Å². The Kier molecular flexibility index (Phi) is 4.91. The van der Waals surface area contributed by atoms with E-state index < -0.39 is 0 Å². The number of nitrogens with one attached hydrogen (secondary N) is 1. The molecule has 2 heterocycles. The van der Waals surface area contributed by atoms with Crippen molar-refractivity contribution in [1.29, 1.82) is 0 Å². The Morgan fingerprint density at radius 1 is 1.29 bits per heavy atom. The molecular weight excluding hydrogens is 326 g/mol. The lowest BCUT2D eigenvalue weighted by Crippen LogP contribution is -2.26. The van der Waals surface area contributed by atoms with E-state index in [1.807, 2.05) is 30.3 Å². The van der Waals surface area contributed by atoms with Gasteiger partial charge in [0, 0.05) is 29.5 Å². The van der Waals surface area contributed by atoms with Gasteiger partial charge in [-0.3, -0.25) is 9.78 Å². The molecule has 0 aliphatic carbocycles. The Balaban J connectivity index is 1.70. The summed E-state index contributed by atoms with van der Waals surface area (Å²) in [5.74, 6) is 0.218. The van der Waals surface area contributed by atoms with Crippen LogP contribution in [-0.4, -0.2) is 22.6 Å². The first-order valence-corrected chi connectivity index (χ1v) is 7.92. The summed E-state index contributed by atoms with van der Waals surface area (Å²) in [5.41, 5.74) is 2.78. The van der Waals surface area contributed by atoms with E-state index in [9.17, 15) is 4.79 Å². The topological polar surface area (TPSA) is 68.0 Å². The van der Waals surface area contributed by atoms with Gasteiger partial charge < -0.3 is 9.84 Å². The predicted molar refractivity (Wildman–Crippen MR) is 92.0 cm³/mol. The second kappa shape index (κ2) is 7.27. The number of hydrogen-bond acceptors (Lipinski definition) is 4. The molecule has 0 atom stereocenters. The van der Waals surface area contributed by atoms with Crippen LogP contribution in [0.2, 0.25) is 5.02 Å². The molecule has 0 saturated carbocycles. The quantitative estimate of drug-likeness (QED) is 0.768. The van der Waals surface area contributed by atoms with E-state index in [1.54, 1.807) is 25.4 Å². The Hall–Kier alpha value is -2.66. The molecule has 1 aromatic carbocycles. The maximum absolute atomic E-state index is 12.5. The van der Waals surface area contributed by atoms with E-state index in [-0.39, 0.29) is 5.91 Å². The van der Waals surface area contributed by atoms with Crippen LogP contribution < -0.4 is 5.32 Å². The molecule has 0 radical (unpaired) electrons. The average molecular weight is 342 g/mol. The third-order valence-electron chi connectivity index (χ3n) is 3.60. The first-order chi connectivity index (χ1) is 11.6. The highest BCUT2D eigenvalue weighted by molar-refractivity contribution is 6.30. The SMILES string of the molecule is Cc1noc(-c2cccnc2)c1C(=O)NCCc1cccc(Cl)c1. The fourth-order valence-electron chi connectivity index (χ4n) is 2.43. The number of rotatable bonds is 5. The van der Waals surface area contributed by atoms with Crippen LogP contribution in [0.15, 0.2) is 53.3 Å². The van der Waals surface area contributed by atoms with Gasteiger partial charge in [-0.25, -0.2) is 0 Å². The van der Waals surface area contributed by atoms with Crippen molar-refractivity contribution in [3.8, 4) is 11.3 Å². The summed E-state index contributed by atoms with van der Waals surface area (Å²) in [6.45, 7) is 2.24. The average Bonchev–Trinajstić information content (AvgIpc) is 2.97. The summed E-state index contributed by atoms with van der Waals surface area (Å²) in [6, 6.07) is 11.2. The first kappa shape index (κ1) is 16.2. The minimum Gasteiger partial charge on any atom is -0.355 e. The van der Waals surface area contributed by atoms with Gasteiger partial charge in [0.2, 0.25) is 0 Å². The van der Waals surface area contributed by atoms with Gasteiger partial charge in [0.15, 0.2) is 5.76 Å². The first-order valence-electron chi connectivity index (χ1n) is 7.54. The van der Waals surface area contributed by atoms with Crippen molar-refractivity contribution >= 4 is 17.5 Å². The van der Waals surface area contributed by atoms with Crippen LogP contribution in [0.4, 0.5) is 0 Å². The van der Waals surface area contributed by atoms with Gasteiger partial charge in [-0.2, -0.15) is 0 Å². The molecule has 0 bridgehead atoms. The smallest absolute Gasteiger partial charge is 0.257 e. The van der Waals surface area contributed by atoms with E-state index in [2.05, 4.69) is 15.5 Å². The molecule has 5 nitrogen and oxygen atoms in total. The van der Waals surface area contributed by atoms with Gasteiger partial charge in [-0.1, -0.05) is 28.9 Å². The summed E-state index contributed by atoms with van der Waals surface area (Å²) < 4.78 is 5.31. The maximum atomic E-state index is 12.5. The molecule has 1 N–H and O–H groups in total. The predicted octanol–water partition coefficient (Wildman–Crippen LogP) is 3.67. The van der Waals surface area contributed by atoms with Crippen molar-refractivity contribution in [1.82, 2.24) is 15.5 Å². The Morgan fingerprint density at radius 2 is 2.17 bits per heavy atom. The van der Waals surface area contributed by atoms with Gasteiger partial charge in [0.25, 0.3) is 5.91 Å². The van der Waals surface area contributed by atoms with E-state index in [4.69, 9.17) is 16.1 Å². The molecule has 3 aromatic rings. The van der Waals surface area contributed by atoms with Crippen LogP contribution in [0, 0.1) is 6.92 Å². The third kappa shape index (κ3) is 3.63. The lowest BCUT2D eigenvalue weighted by atomic mass is 10.1. The second-order valence-corrected chi connectivity index (χ2v) is 5.79. The molecule has 0 saturated heterocycles. The number of aromatic nitrogens is 2. The van der Waals surface area contributed by atoms with Gasteiger partial charge in [-0.05, 0) is 43.2 Å². The minimum atomic E-state index is -0.213. The highest BCUT2D eigenvalue weighted by atomic mass is 35.5. The van der Waals surface area contributed by atoms with Gasteiger partial charge >= 0.3 is 0 Å². The number of pyridine rings is 1. The van der Waals surface area contributed by atoms with Crippen molar-refractivity contribution < 1.29 is 9.32 Å². The number of amides is 1. The van der Waals surface area contributed by atoms with Crippen molar-refractivity contribution in [3.63, 3.8) is 0 Å². The normalized spacial score (nSPS) is 10.6. The third-order valence-corrected chi connectivity index (χ3v) is 3.84. The fraction of sp³-hybridized carbons (Fsp3) is 0.167. The number of halogens is 1. The van der Waals surface area contributed by atoms with Crippen molar-refractivity contribution in [2.75, 3.05) is 6.54 Å². The van der Waals surface area contributed by atoms with E-state index >= 15 is 0 Å². The van der Waals surface area contributed by atoms with Crippen LogP contribution in [0.5, 0.6) is 0 Å². The Labute approximate surface area is 144 Å². The van der Waals surface area contributed by atoms with Gasteiger partial charge in [-0.15, -0.1) is 0 Å². The molecule has 3 rings (SSSR count). The summed E-state index contributed by atoms with van der Waals surface area (Å²) in [7, 11) is 0. The molecule has 6 heteroatoms. The molecule has 122 valence electrons. The molecule has 0 spiro atoms. The Bertz CT molecular complexity index is 846. The van der Waals surface area contributed by atoms with Crippen LogP contribution in [-0.2, 0) is 6.42 Å². The lowest BCUT2D eigenvalue weighted by Gasteiger charge is -2.06. The monoisotopic (exact) mass is 341 g/mol. The summed E-state index contributed by atoms with van der Waals surface area (Å²) >= 11 is 5.96. The van der Waals surface area contributed by atoms with E-state index in [0.29, 0.717) is 35.0 Å². The molecule has 24 heavy (non-hydrogen) atoms. The molecule has 0 unspecified atom stereocenters. The number of aryl methyl sites for hydroxylation is 1. The number of nitrogens with zero attached hydrogens (tertiary/aromatic N) is 2. The number of benzene rings is 1. The minimum absolute atomic E-state index is 0.213. The number of carbonyl (C=O) groups excluding carboxylic acids is 1. The van der Waals surface area contributed by atoms with Crippen molar-refractivity contribution in [3.05, 3.63) is 70.6 Å². The summed E-state index contributed by atoms with van der Waals surface area (Å²) in [6.07, 6.45) is 4.00. The Morgan fingerprint density at radius 3 is 2.92 bits per heavy atom. The largest absolute Gasteiger partial charge is 0.355 e. The molecule has 1 amide bonds. The zero-order valence-corrected chi connectivity index (χ0v) is 13.9. The lowest BCUT2D eigenvalue weighted by molar-refractivity contribution is 0.0954. The molecule has 2 aromatic heterocycles. The molecule has 0 aliphatic rings. The summed E-state index contributed by atoms with van der Waals surface area (Å²) in [5, 5.41) is 7.50. The fourth-order valence-corrected chi connectivity index (χ4v) is 2.65. The number of carbonyl (C=O) groups is 1. The van der Waals surface area contributed by atoms with Crippen LogP contribution >= 0.6 is 11.6 Å². The van der Waals surface area contributed by atoms with Gasteiger partial charge in [0.05, 0.1) is 5.69 Å². The highest BCUT2D eigenvalue weighted by Gasteiger charge is 2.21. The number of hydrogen-bond donors (Lipinski definition) is 1. The molecule has 0 fully saturated rings.